The van der Waals surface area contributed by atoms with Gasteiger partial charge in [0.1, 0.15) is 5.82 Å². The Hall–Kier alpha value is -3.87. The van der Waals surface area contributed by atoms with E-state index in [1.807, 2.05) is 42.0 Å². The standard InChI is InChI=1S/C25H20F3N3O/c1-17-29-14-15-31(17)16-18-6-12-21(13-7-18)30-24(32)23-5-3-2-4-22(23)19-8-10-20(11-9-19)25(26,27)28/h2-15H,16H2,1H3,(H,30,32). The first-order chi connectivity index (χ1) is 15.3. The van der Waals surface area contributed by atoms with E-state index in [1.165, 1.54) is 12.1 Å². The van der Waals surface area contributed by atoms with Crippen LogP contribution in [0.25, 0.3) is 11.1 Å². The highest BCUT2D eigenvalue weighted by atomic mass is 19.4. The average molecular weight is 435 g/mol. The summed E-state index contributed by atoms with van der Waals surface area (Å²) in [6.07, 6.45) is -0.751. The van der Waals surface area contributed by atoms with Crippen molar-refractivity contribution in [2.45, 2.75) is 19.6 Å². The van der Waals surface area contributed by atoms with Crippen LogP contribution in [0.3, 0.4) is 0 Å². The fraction of sp³-hybridized carbons (Fsp3) is 0.120. The lowest BCUT2D eigenvalue weighted by Gasteiger charge is -2.12. The Kier molecular flexibility index (Phi) is 5.81. The van der Waals surface area contributed by atoms with Gasteiger partial charge in [-0.25, -0.2) is 4.98 Å². The van der Waals surface area contributed by atoms with Crippen molar-refractivity contribution >= 4 is 11.6 Å². The first-order valence-corrected chi connectivity index (χ1v) is 9.96. The number of carbonyl (C=O) groups is 1. The van der Waals surface area contributed by atoms with Crippen molar-refractivity contribution in [3.05, 3.63) is 108 Å². The minimum atomic E-state index is -4.40. The van der Waals surface area contributed by atoms with Crippen LogP contribution >= 0.6 is 0 Å². The van der Waals surface area contributed by atoms with E-state index in [4.69, 9.17) is 0 Å². The molecule has 0 unspecified atom stereocenters. The molecule has 1 heterocycles. The molecule has 4 rings (SSSR count). The number of aryl methyl sites for hydroxylation is 1. The van der Waals surface area contributed by atoms with Crippen LogP contribution in [0, 0.1) is 6.92 Å². The molecule has 32 heavy (non-hydrogen) atoms. The van der Waals surface area contributed by atoms with E-state index in [-0.39, 0.29) is 5.91 Å². The van der Waals surface area contributed by atoms with Crippen LogP contribution in [0.5, 0.6) is 0 Å². The predicted octanol–water partition coefficient (Wildman–Crippen LogP) is 6.18. The highest BCUT2D eigenvalue weighted by Gasteiger charge is 2.30. The molecule has 4 nitrogen and oxygen atoms in total. The summed E-state index contributed by atoms with van der Waals surface area (Å²) in [5.41, 5.74) is 2.44. The molecule has 0 aliphatic rings. The minimum absolute atomic E-state index is 0.335. The number of anilines is 1. The van der Waals surface area contributed by atoms with Gasteiger partial charge in [0, 0.05) is 30.2 Å². The van der Waals surface area contributed by atoms with Crippen LogP contribution in [0.15, 0.2) is 85.2 Å². The predicted molar refractivity (Wildman–Crippen MR) is 117 cm³/mol. The van der Waals surface area contributed by atoms with Crippen LogP contribution < -0.4 is 5.32 Å². The Balaban J connectivity index is 1.51. The fourth-order valence-electron chi connectivity index (χ4n) is 3.43. The van der Waals surface area contributed by atoms with Crippen molar-refractivity contribution in [3.8, 4) is 11.1 Å². The molecule has 0 aliphatic carbocycles. The molecule has 1 N–H and O–H groups in total. The van der Waals surface area contributed by atoms with Gasteiger partial charge in [0.25, 0.3) is 5.91 Å². The second-order valence-electron chi connectivity index (χ2n) is 7.37. The van der Waals surface area contributed by atoms with Gasteiger partial charge in [0.15, 0.2) is 0 Å². The van der Waals surface area contributed by atoms with Crippen molar-refractivity contribution in [2.75, 3.05) is 5.32 Å². The summed E-state index contributed by atoms with van der Waals surface area (Å²) in [4.78, 5) is 17.1. The summed E-state index contributed by atoms with van der Waals surface area (Å²) in [7, 11) is 0. The second kappa shape index (κ2) is 8.70. The van der Waals surface area contributed by atoms with Gasteiger partial charge in [0.05, 0.1) is 5.56 Å². The largest absolute Gasteiger partial charge is 0.416 e. The number of amides is 1. The SMILES string of the molecule is Cc1nccn1Cc1ccc(NC(=O)c2ccccc2-c2ccc(C(F)(F)F)cc2)cc1. The number of hydrogen-bond acceptors (Lipinski definition) is 2. The summed E-state index contributed by atoms with van der Waals surface area (Å²) in [5, 5.41) is 2.86. The van der Waals surface area contributed by atoms with E-state index in [0.717, 1.165) is 23.5 Å². The van der Waals surface area contributed by atoms with Crippen molar-refractivity contribution in [3.63, 3.8) is 0 Å². The van der Waals surface area contributed by atoms with Gasteiger partial charge in [-0.05, 0) is 53.9 Å². The van der Waals surface area contributed by atoms with Crippen LogP contribution in [0.1, 0.15) is 27.3 Å². The number of benzene rings is 3. The van der Waals surface area contributed by atoms with Gasteiger partial charge in [-0.3, -0.25) is 4.79 Å². The number of nitrogens with one attached hydrogen (secondary N) is 1. The Morgan fingerprint density at radius 1 is 0.969 bits per heavy atom. The molecule has 0 spiro atoms. The van der Waals surface area contributed by atoms with Crippen molar-refractivity contribution in [2.24, 2.45) is 0 Å². The molecule has 0 atom stereocenters. The third-order valence-electron chi connectivity index (χ3n) is 5.18. The second-order valence-corrected chi connectivity index (χ2v) is 7.37. The first-order valence-electron chi connectivity index (χ1n) is 9.96. The average Bonchev–Trinajstić information content (AvgIpc) is 3.19. The topological polar surface area (TPSA) is 46.9 Å². The lowest BCUT2D eigenvalue weighted by atomic mass is 9.98. The van der Waals surface area contributed by atoms with Crippen LogP contribution in [0.4, 0.5) is 18.9 Å². The van der Waals surface area contributed by atoms with Crippen molar-refractivity contribution in [1.29, 1.82) is 0 Å². The quantitative estimate of drug-likeness (QED) is 0.407. The van der Waals surface area contributed by atoms with Gasteiger partial charge in [-0.1, -0.05) is 42.5 Å². The molecular weight excluding hydrogens is 415 g/mol. The van der Waals surface area contributed by atoms with Gasteiger partial charge >= 0.3 is 6.18 Å². The maximum atomic E-state index is 12.9. The van der Waals surface area contributed by atoms with Gasteiger partial charge in [0.2, 0.25) is 0 Å². The summed E-state index contributed by atoms with van der Waals surface area (Å²) in [6.45, 7) is 2.61. The molecule has 0 fully saturated rings. The molecule has 3 aromatic carbocycles. The number of carbonyl (C=O) groups excluding carboxylic acids is 1. The molecular formula is C25H20F3N3O. The summed E-state index contributed by atoms with van der Waals surface area (Å²) in [5.74, 6) is 0.584. The molecule has 0 radical (unpaired) electrons. The number of nitrogens with zero attached hydrogens (tertiary/aromatic N) is 2. The van der Waals surface area contributed by atoms with Gasteiger partial charge in [-0.15, -0.1) is 0 Å². The molecule has 1 amide bonds. The molecule has 4 aromatic rings. The van der Waals surface area contributed by atoms with Crippen molar-refractivity contribution < 1.29 is 18.0 Å². The number of hydrogen-bond donors (Lipinski definition) is 1. The third kappa shape index (κ3) is 4.72. The highest BCUT2D eigenvalue weighted by molar-refractivity contribution is 6.08. The van der Waals surface area contributed by atoms with E-state index in [9.17, 15) is 18.0 Å². The Morgan fingerprint density at radius 2 is 1.66 bits per heavy atom. The molecule has 7 heteroatoms. The van der Waals surface area contributed by atoms with Crippen LogP contribution in [-0.2, 0) is 12.7 Å². The Morgan fingerprint density at radius 3 is 2.28 bits per heavy atom. The number of alkyl halides is 3. The normalized spacial score (nSPS) is 11.4. The summed E-state index contributed by atoms with van der Waals surface area (Å²) < 4.78 is 40.6. The fourth-order valence-corrected chi connectivity index (χ4v) is 3.43. The number of imidazole rings is 1. The lowest BCUT2D eigenvalue weighted by molar-refractivity contribution is -0.137. The third-order valence-corrected chi connectivity index (χ3v) is 5.18. The monoisotopic (exact) mass is 435 g/mol. The van der Waals surface area contributed by atoms with E-state index >= 15 is 0 Å². The molecule has 0 aliphatic heterocycles. The zero-order valence-corrected chi connectivity index (χ0v) is 17.2. The highest BCUT2D eigenvalue weighted by Crippen LogP contribution is 2.32. The molecule has 0 saturated carbocycles. The zero-order valence-electron chi connectivity index (χ0n) is 17.2. The Bertz CT molecular complexity index is 1230. The minimum Gasteiger partial charge on any atom is -0.331 e. The van der Waals surface area contributed by atoms with Crippen LogP contribution in [-0.4, -0.2) is 15.5 Å². The molecule has 0 saturated heterocycles. The number of rotatable bonds is 5. The maximum absolute atomic E-state index is 12.9. The number of halogens is 3. The van der Waals surface area contributed by atoms with E-state index in [2.05, 4.69) is 10.3 Å². The molecule has 0 bridgehead atoms. The summed E-state index contributed by atoms with van der Waals surface area (Å²) in [6, 6.07) is 19.1. The number of aromatic nitrogens is 2. The molecule has 162 valence electrons. The summed E-state index contributed by atoms with van der Waals surface area (Å²) >= 11 is 0. The zero-order chi connectivity index (χ0) is 22.7. The van der Waals surface area contributed by atoms with Gasteiger partial charge in [-0.2, -0.15) is 13.2 Å². The van der Waals surface area contributed by atoms with E-state index in [0.29, 0.717) is 28.9 Å². The van der Waals surface area contributed by atoms with Crippen LogP contribution in [0.2, 0.25) is 0 Å². The smallest absolute Gasteiger partial charge is 0.331 e. The molecule has 1 aromatic heterocycles. The van der Waals surface area contributed by atoms with E-state index < -0.39 is 11.7 Å². The Labute approximate surface area is 183 Å². The lowest BCUT2D eigenvalue weighted by Crippen LogP contribution is -2.13. The van der Waals surface area contributed by atoms with Crippen molar-refractivity contribution in [1.82, 2.24) is 9.55 Å². The van der Waals surface area contributed by atoms with E-state index in [1.54, 1.807) is 30.5 Å². The first kappa shape index (κ1) is 21.4. The maximum Gasteiger partial charge on any atom is 0.416 e. The van der Waals surface area contributed by atoms with Gasteiger partial charge < -0.3 is 9.88 Å².